The molecule has 1 aromatic heterocycles. The smallest absolute Gasteiger partial charge is 0.260 e. The minimum atomic E-state index is -4.75. The highest BCUT2D eigenvalue weighted by molar-refractivity contribution is 7.89. The van der Waals surface area contributed by atoms with Gasteiger partial charge in [0, 0.05) is 17.7 Å². The molecule has 0 unspecified atom stereocenters. The number of aryl methyl sites for hydroxylation is 1. The fourth-order valence-electron chi connectivity index (χ4n) is 3.06. The van der Waals surface area contributed by atoms with Crippen molar-refractivity contribution in [3.63, 3.8) is 0 Å². The summed E-state index contributed by atoms with van der Waals surface area (Å²) < 4.78 is 66.6. The maximum absolute atomic E-state index is 13.9. The molecule has 150 valence electrons. The second kappa shape index (κ2) is 7.35. The lowest BCUT2D eigenvalue weighted by atomic mass is 9.97. The molecule has 2 aromatic carbocycles. The summed E-state index contributed by atoms with van der Waals surface area (Å²) in [6.45, 7) is 1.41. The average Bonchev–Trinajstić information content (AvgIpc) is 3.07. The number of nitrogens with two attached hydrogens (primary N) is 1. The predicted molar refractivity (Wildman–Crippen MR) is 99.9 cm³/mol. The molecule has 0 radical (unpaired) electrons. The lowest BCUT2D eigenvalue weighted by molar-refractivity contribution is -0.143. The van der Waals surface area contributed by atoms with E-state index in [0.29, 0.717) is 0 Å². The van der Waals surface area contributed by atoms with E-state index in [-0.39, 0.29) is 39.4 Å². The van der Waals surface area contributed by atoms with Gasteiger partial charge in [-0.2, -0.15) is 23.5 Å². The number of hydrogen-bond acceptors (Lipinski definition) is 4. The number of nitrogens with zero attached hydrogens (tertiary/aromatic N) is 3. The van der Waals surface area contributed by atoms with Crippen molar-refractivity contribution in [1.82, 2.24) is 9.78 Å². The highest BCUT2D eigenvalue weighted by atomic mass is 32.2. The van der Waals surface area contributed by atoms with E-state index < -0.39 is 21.9 Å². The fourth-order valence-corrected chi connectivity index (χ4v) is 3.80. The van der Waals surface area contributed by atoms with E-state index in [2.05, 4.69) is 5.10 Å². The highest BCUT2D eigenvalue weighted by Crippen LogP contribution is 2.43. The standard InChI is InChI=1S/C19H15F3N4O2S/c1-2-26-18(19(20,21)22)16(13-9-7-12(11-23)8-10-13)17(25-26)14-5-3-4-6-15(14)29(24,27)28/h3-10H,2H2,1H3,(H2,24,27,28). The molecule has 0 amide bonds. The first-order valence-electron chi connectivity index (χ1n) is 8.38. The summed E-state index contributed by atoms with van der Waals surface area (Å²) in [5, 5.41) is 18.3. The Kier molecular flexibility index (Phi) is 5.21. The summed E-state index contributed by atoms with van der Waals surface area (Å²) in [7, 11) is -4.21. The first-order chi connectivity index (χ1) is 13.6. The van der Waals surface area contributed by atoms with E-state index in [1.54, 1.807) is 0 Å². The molecule has 0 saturated carbocycles. The molecule has 29 heavy (non-hydrogen) atoms. The van der Waals surface area contributed by atoms with Crippen molar-refractivity contribution in [2.24, 2.45) is 5.14 Å². The van der Waals surface area contributed by atoms with Crippen molar-refractivity contribution in [2.75, 3.05) is 0 Å². The van der Waals surface area contributed by atoms with Crippen molar-refractivity contribution in [1.29, 1.82) is 5.26 Å². The third-order valence-corrected chi connectivity index (χ3v) is 5.24. The predicted octanol–water partition coefficient (Wildman–Crippen LogP) is 3.77. The fraction of sp³-hybridized carbons (Fsp3) is 0.158. The Morgan fingerprint density at radius 2 is 1.76 bits per heavy atom. The summed E-state index contributed by atoms with van der Waals surface area (Å²) in [5.74, 6) is 0. The number of nitriles is 1. The summed E-state index contributed by atoms with van der Waals surface area (Å²) >= 11 is 0. The van der Waals surface area contributed by atoms with Gasteiger partial charge in [-0.05, 0) is 30.7 Å². The van der Waals surface area contributed by atoms with Crippen molar-refractivity contribution >= 4 is 10.0 Å². The van der Waals surface area contributed by atoms with E-state index in [1.807, 2.05) is 6.07 Å². The van der Waals surface area contributed by atoms with Crippen LogP contribution < -0.4 is 5.14 Å². The van der Waals surface area contributed by atoms with Crippen LogP contribution in [0, 0.1) is 11.3 Å². The van der Waals surface area contributed by atoms with Crippen LogP contribution in [-0.2, 0) is 22.7 Å². The highest BCUT2D eigenvalue weighted by Gasteiger charge is 2.40. The summed E-state index contributed by atoms with van der Waals surface area (Å²) in [5.41, 5.74) is -1.06. The Labute approximate surface area is 165 Å². The van der Waals surface area contributed by atoms with E-state index in [4.69, 9.17) is 10.4 Å². The molecular weight excluding hydrogens is 405 g/mol. The van der Waals surface area contributed by atoms with Gasteiger partial charge in [-0.15, -0.1) is 0 Å². The molecule has 0 saturated heterocycles. The topological polar surface area (TPSA) is 102 Å². The number of primary sulfonamides is 1. The van der Waals surface area contributed by atoms with Gasteiger partial charge in [-0.3, -0.25) is 4.68 Å². The van der Waals surface area contributed by atoms with Gasteiger partial charge in [0.1, 0.15) is 5.69 Å². The van der Waals surface area contributed by atoms with Crippen LogP contribution in [-0.4, -0.2) is 18.2 Å². The largest absolute Gasteiger partial charge is 0.433 e. The molecule has 0 bridgehead atoms. The van der Waals surface area contributed by atoms with Crippen molar-refractivity contribution in [2.45, 2.75) is 24.5 Å². The van der Waals surface area contributed by atoms with Crippen LogP contribution >= 0.6 is 0 Å². The number of halogens is 3. The lowest BCUT2D eigenvalue weighted by Gasteiger charge is -2.12. The minimum absolute atomic E-state index is 0.0351. The molecular formula is C19H15F3N4O2S. The molecule has 0 spiro atoms. The molecule has 10 heteroatoms. The second-order valence-electron chi connectivity index (χ2n) is 6.12. The Bertz CT molecular complexity index is 1210. The number of hydrogen-bond donors (Lipinski definition) is 1. The van der Waals surface area contributed by atoms with Crippen LogP contribution in [0.25, 0.3) is 22.4 Å². The monoisotopic (exact) mass is 420 g/mol. The molecule has 1 heterocycles. The van der Waals surface area contributed by atoms with Crippen molar-refractivity contribution < 1.29 is 21.6 Å². The Balaban J connectivity index is 2.43. The number of aromatic nitrogens is 2. The minimum Gasteiger partial charge on any atom is -0.260 e. The van der Waals surface area contributed by atoms with Crippen molar-refractivity contribution in [3.8, 4) is 28.5 Å². The molecule has 0 atom stereocenters. The zero-order chi connectivity index (χ0) is 21.4. The summed E-state index contributed by atoms with van der Waals surface area (Å²) in [6.07, 6.45) is -4.75. The van der Waals surface area contributed by atoms with E-state index in [9.17, 15) is 21.6 Å². The third-order valence-electron chi connectivity index (χ3n) is 4.27. The molecule has 3 rings (SSSR count). The average molecular weight is 420 g/mol. The first kappa shape index (κ1) is 20.6. The van der Waals surface area contributed by atoms with Crippen LogP contribution in [0.2, 0.25) is 0 Å². The third kappa shape index (κ3) is 3.87. The van der Waals surface area contributed by atoms with Gasteiger partial charge in [-0.25, -0.2) is 13.6 Å². The number of sulfonamides is 1. The van der Waals surface area contributed by atoms with Gasteiger partial charge >= 0.3 is 6.18 Å². The Morgan fingerprint density at radius 1 is 1.14 bits per heavy atom. The molecule has 0 aliphatic carbocycles. The maximum Gasteiger partial charge on any atom is 0.433 e. The van der Waals surface area contributed by atoms with Crippen LogP contribution in [0.4, 0.5) is 13.2 Å². The van der Waals surface area contributed by atoms with Crippen molar-refractivity contribution in [3.05, 3.63) is 59.8 Å². The summed E-state index contributed by atoms with van der Waals surface area (Å²) in [4.78, 5) is -0.329. The van der Waals surface area contributed by atoms with Gasteiger partial charge in [-0.1, -0.05) is 30.3 Å². The number of benzene rings is 2. The van der Waals surface area contributed by atoms with Crippen LogP contribution in [0.3, 0.4) is 0 Å². The first-order valence-corrected chi connectivity index (χ1v) is 9.93. The van der Waals surface area contributed by atoms with Gasteiger partial charge in [0.2, 0.25) is 10.0 Å². The maximum atomic E-state index is 13.9. The lowest BCUT2D eigenvalue weighted by Crippen LogP contribution is -2.14. The molecule has 0 aliphatic rings. The van der Waals surface area contributed by atoms with Gasteiger partial charge in [0.05, 0.1) is 16.5 Å². The van der Waals surface area contributed by atoms with E-state index >= 15 is 0 Å². The second-order valence-corrected chi connectivity index (χ2v) is 7.65. The van der Waals surface area contributed by atoms with Gasteiger partial charge in [0.15, 0.2) is 5.69 Å². The Morgan fingerprint density at radius 3 is 2.28 bits per heavy atom. The summed E-state index contributed by atoms with van der Waals surface area (Å²) in [6, 6.07) is 12.9. The van der Waals surface area contributed by atoms with Crippen LogP contribution in [0.15, 0.2) is 53.4 Å². The van der Waals surface area contributed by atoms with Crippen LogP contribution in [0.1, 0.15) is 18.2 Å². The zero-order valence-electron chi connectivity index (χ0n) is 15.1. The Hall–Kier alpha value is -3.16. The molecule has 2 N–H and O–H groups in total. The van der Waals surface area contributed by atoms with E-state index in [1.165, 1.54) is 55.5 Å². The molecule has 6 nitrogen and oxygen atoms in total. The quantitative estimate of drug-likeness (QED) is 0.694. The van der Waals surface area contributed by atoms with Gasteiger partial charge < -0.3 is 0 Å². The SMILES string of the molecule is CCn1nc(-c2ccccc2S(N)(=O)=O)c(-c2ccc(C#N)cc2)c1C(F)(F)F. The molecule has 0 fully saturated rings. The molecule has 3 aromatic rings. The number of rotatable bonds is 4. The normalized spacial score (nSPS) is 12.0. The zero-order valence-corrected chi connectivity index (χ0v) is 15.9. The molecule has 0 aliphatic heterocycles. The van der Waals surface area contributed by atoms with Gasteiger partial charge in [0.25, 0.3) is 0 Å². The van der Waals surface area contributed by atoms with Crippen LogP contribution in [0.5, 0.6) is 0 Å². The van der Waals surface area contributed by atoms with E-state index in [0.717, 1.165) is 4.68 Å². The number of alkyl halides is 3.